The molecule has 4 nitrogen and oxygen atoms in total. The average molecular weight is 293 g/mol. The van der Waals surface area contributed by atoms with Crippen LogP contribution in [0.4, 0.5) is 0 Å². The standard InChI is InChI=1S/C13H15N3OS2/c1-9-11(13(17)16-6-4-14-5-7-16)19-12(15-9)10-3-2-8-18-10/h2-3,8,14H,4-7H2,1H3. The summed E-state index contributed by atoms with van der Waals surface area (Å²) in [4.78, 5) is 20.8. The van der Waals surface area contributed by atoms with Crippen molar-refractivity contribution in [2.24, 2.45) is 0 Å². The molecule has 19 heavy (non-hydrogen) atoms. The van der Waals surface area contributed by atoms with E-state index in [0.717, 1.165) is 46.6 Å². The summed E-state index contributed by atoms with van der Waals surface area (Å²) in [7, 11) is 0. The largest absolute Gasteiger partial charge is 0.335 e. The third-order valence-electron chi connectivity index (χ3n) is 3.13. The van der Waals surface area contributed by atoms with Crippen molar-refractivity contribution in [1.82, 2.24) is 15.2 Å². The minimum absolute atomic E-state index is 0.124. The van der Waals surface area contributed by atoms with Crippen molar-refractivity contribution in [2.75, 3.05) is 26.2 Å². The van der Waals surface area contributed by atoms with Crippen LogP contribution in [0.15, 0.2) is 17.5 Å². The zero-order valence-electron chi connectivity index (χ0n) is 10.7. The van der Waals surface area contributed by atoms with E-state index in [1.54, 1.807) is 11.3 Å². The van der Waals surface area contributed by atoms with E-state index in [-0.39, 0.29) is 5.91 Å². The van der Waals surface area contributed by atoms with E-state index in [9.17, 15) is 4.79 Å². The van der Waals surface area contributed by atoms with Crippen LogP contribution in [0.3, 0.4) is 0 Å². The van der Waals surface area contributed by atoms with Gasteiger partial charge in [0.15, 0.2) is 0 Å². The van der Waals surface area contributed by atoms with E-state index >= 15 is 0 Å². The highest BCUT2D eigenvalue weighted by atomic mass is 32.1. The van der Waals surface area contributed by atoms with Crippen LogP contribution in [0.1, 0.15) is 15.4 Å². The van der Waals surface area contributed by atoms with Gasteiger partial charge in [-0.2, -0.15) is 0 Å². The van der Waals surface area contributed by atoms with Gasteiger partial charge in [0.2, 0.25) is 0 Å². The number of aryl methyl sites for hydroxylation is 1. The normalized spacial score (nSPS) is 15.7. The van der Waals surface area contributed by atoms with Crippen molar-refractivity contribution < 1.29 is 4.79 Å². The number of thiophene rings is 1. The first-order valence-corrected chi connectivity index (χ1v) is 7.96. The predicted octanol–water partition coefficient (Wildman–Crippen LogP) is 2.23. The molecular weight excluding hydrogens is 278 g/mol. The lowest BCUT2D eigenvalue weighted by molar-refractivity contribution is 0.0740. The SMILES string of the molecule is Cc1nc(-c2cccs2)sc1C(=O)N1CCNCC1. The summed E-state index contributed by atoms with van der Waals surface area (Å²) >= 11 is 3.17. The van der Waals surface area contributed by atoms with Crippen LogP contribution in [0.25, 0.3) is 9.88 Å². The molecule has 0 radical (unpaired) electrons. The molecule has 2 aromatic rings. The third-order valence-corrected chi connectivity index (χ3v) is 5.31. The van der Waals surface area contributed by atoms with E-state index in [0.29, 0.717) is 0 Å². The lowest BCUT2D eigenvalue weighted by atomic mass is 10.3. The second kappa shape index (κ2) is 5.40. The molecule has 3 rings (SSSR count). The molecule has 0 aliphatic carbocycles. The maximum absolute atomic E-state index is 12.5. The van der Waals surface area contributed by atoms with Crippen LogP contribution in [0.5, 0.6) is 0 Å². The number of hydrogen-bond donors (Lipinski definition) is 1. The van der Waals surface area contributed by atoms with Gasteiger partial charge in [-0.15, -0.1) is 22.7 Å². The van der Waals surface area contributed by atoms with Crippen molar-refractivity contribution >= 4 is 28.6 Å². The smallest absolute Gasteiger partial charge is 0.265 e. The van der Waals surface area contributed by atoms with Crippen LogP contribution in [-0.2, 0) is 0 Å². The Labute approximate surface area is 120 Å². The molecule has 0 unspecified atom stereocenters. The zero-order valence-corrected chi connectivity index (χ0v) is 12.3. The second-order valence-electron chi connectivity index (χ2n) is 4.45. The number of amides is 1. The molecule has 2 aromatic heterocycles. The van der Waals surface area contributed by atoms with E-state index < -0.39 is 0 Å². The summed E-state index contributed by atoms with van der Waals surface area (Å²) in [6.45, 7) is 5.24. The van der Waals surface area contributed by atoms with Crippen LogP contribution in [0.2, 0.25) is 0 Å². The second-order valence-corrected chi connectivity index (χ2v) is 6.40. The first-order valence-electron chi connectivity index (χ1n) is 6.27. The van der Waals surface area contributed by atoms with Gasteiger partial charge in [-0.05, 0) is 18.4 Å². The maximum atomic E-state index is 12.5. The van der Waals surface area contributed by atoms with Crippen molar-refractivity contribution in [3.8, 4) is 9.88 Å². The van der Waals surface area contributed by atoms with Crippen molar-refractivity contribution in [2.45, 2.75) is 6.92 Å². The summed E-state index contributed by atoms with van der Waals surface area (Å²) in [6, 6.07) is 4.05. The Morgan fingerprint density at radius 3 is 2.89 bits per heavy atom. The number of carbonyl (C=O) groups is 1. The van der Waals surface area contributed by atoms with Crippen LogP contribution >= 0.6 is 22.7 Å². The number of piperazine rings is 1. The topological polar surface area (TPSA) is 45.2 Å². The fraction of sp³-hybridized carbons (Fsp3) is 0.385. The van der Waals surface area contributed by atoms with E-state index in [2.05, 4.69) is 10.3 Å². The van der Waals surface area contributed by atoms with Crippen molar-refractivity contribution in [3.05, 3.63) is 28.1 Å². The Hall–Kier alpha value is -1.24. The lowest BCUT2D eigenvalue weighted by Gasteiger charge is -2.26. The fourth-order valence-electron chi connectivity index (χ4n) is 2.11. The quantitative estimate of drug-likeness (QED) is 0.923. The van der Waals surface area contributed by atoms with Gasteiger partial charge in [-0.1, -0.05) is 6.07 Å². The summed E-state index contributed by atoms with van der Waals surface area (Å²) in [5, 5.41) is 6.24. The van der Waals surface area contributed by atoms with Crippen LogP contribution in [0, 0.1) is 6.92 Å². The molecule has 0 bridgehead atoms. The zero-order chi connectivity index (χ0) is 13.2. The molecule has 6 heteroatoms. The Morgan fingerprint density at radius 2 is 2.21 bits per heavy atom. The molecule has 0 aromatic carbocycles. The molecule has 0 atom stereocenters. The number of nitrogens with one attached hydrogen (secondary N) is 1. The number of aromatic nitrogens is 1. The highest BCUT2D eigenvalue weighted by Crippen LogP contribution is 2.31. The third kappa shape index (κ3) is 2.56. The number of hydrogen-bond acceptors (Lipinski definition) is 5. The number of rotatable bonds is 2. The molecule has 100 valence electrons. The van der Waals surface area contributed by atoms with Crippen molar-refractivity contribution in [1.29, 1.82) is 0 Å². The Balaban J connectivity index is 1.86. The van der Waals surface area contributed by atoms with Gasteiger partial charge < -0.3 is 10.2 Å². The summed E-state index contributed by atoms with van der Waals surface area (Å²) in [6.07, 6.45) is 0. The molecular formula is C13H15N3OS2. The predicted molar refractivity (Wildman–Crippen MR) is 78.9 cm³/mol. The van der Waals surface area contributed by atoms with Crippen molar-refractivity contribution in [3.63, 3.8) is 0 Å². The summed E-state index contributed by atoms with van der Waals surface area (Å²) < 4.78 is 0. The lowest BCUT2D eigenvalue weighted by Crippen LogP contribution is -2.46. The number of nitrogens with zero attached hydrogens (tertiary/aromatic N) is 2. The van der Waals surface area contributed by atoms with E-state index in [4.69, 9.17) is 0 Å². The van der Waals surface area contributed by atoms with Gasteiger partial charge in [0.1, 0.15) is 9.88 Å². The van der Waals surface area contributed by atoms with Gasteiger partial charge in [-0.3, -0.25) is 4.79 Å². The Morgan fingerprint density at radius 1 is 1.42 bits per heavy atom. The number of thiazole rings is 1. The van der Waals surface area contributed by atoms with E-state index in [1.807, 2.05) is 29.3 Å². The van der Waals surface area contributed by atoms with Gasteiger partial charge in [0.25, 0.3) is 5.91 Å². The monoisotopic (exact) mass is 293 g/mol. The fourth-order valence-corrected chi connectivity index (χ4v) is 3.94. The molecule has 1 saturated heterocycles. The van der Waals surface area contributed by atoms with Gasteiger partial charge in [0.05, 0.1) is 10.6 Å². The highest BCUT2D eigenvalue weighted by Gasteiger charge is 2.23. The molecule has 1 aliphatic rings. The van der Waals surface area contributed by atoms with Gasteiger partial charge in [0, 0.05) is 26.2 Å². The Kier molecular flexibility index (Phi) is 3.63. The summed E-state index contributed by atoms with van der Waals surface area (Å²) in [5.41, 5.74) is 0.844. The Bertz CT molecular complexity index is 571. The molecule has 1 amide bonds. The molecule has 1 N–H and O–H groups in total. The first kappa shape index (κ1) is 12.8. The molecule has 1 fully saturated rings. The van der Waals surface area contributed by atoms with Crippen LogP contribution < -0.4 is 5.32 Å². The highest BCUT2D eigenvalue weighted by molar-refractivity contribution is 7.22. The van der Waals surface area contributed by atoms with Crippen LogP contribution in [-0.4, -0.2) is 42.0 Å². The molecule has 3 heterocycles. The van der Waals surface area contributed by atoms with E-state index in [1.165, 1.54) is 11.3 Å². The number of carbonyl (C=O) groups excluding carboxylic acids is 1. The summed E-state index contributed by atoms with van der Waals surface area (Å²) in [5.74, 6) is 0.124. The molecule has 1 aliphatic heterocycles. The minimum atomic E-state index is 0.124. The molecule has 0 spiro atoms. The average Bonchev–Trinajstić information content (AvgIpc) is 3.08. The van der Waals surface area contributed by atoms with Gasteiger partial charge in [-0.25, -0.2) is 4.98 Å². The van der Waals surface area contributed by atoms with Gasteiger partial charge >= 0.3 is 0 Å². The first-order chi connectivity index (χ1) is 9.25. The minimum Gasteiger partial charge on any atom is -0.335 e. The maximum Gasteiger partial charge on any atom is 0.265 e. The molecule has 0 saturated carbocycles.